The van der Waals surface area contributed by atoms with Gasteiger partial charge in [0, 0.05) is 18.2 Å². The van der Waals surface area contributed by atoms with Crippen LogP contribution in [0.4, 0.5) is 5.69 Å². The molecule has 0 saturated carbocycles. The van der Waals surface area contributed by atoms with Gasteiger partial charge in [-0.1, -0.05) is 12.2 Å². The highest BCUT2D eigenvalue weighted by atomic mass is 16.5. The molecule has 3 N–H and O–H groups in total. The number of amides is 1. The van der Waals surface area contributed by atoms with Crippen molar-refractivity contribution in [2.45, 2.75) is 19.3 Å². The van der Waals surface area contributed by atoms with Crippen molar-refractivity contribution in [3.8, 4) is 5.75 Å². The fourth-order valence-electron chi connectivity index (χ4n) is 2.09. The number of rotatable bonds is 5. The van der Waals surface area contributed by atoms with Crippen molar-refractivity contribution >= 4 is 11.6 Å². The number of carbonyl (C=O) groups excluding carboxylic acids is 1. The van der Waals surface area contributed by atoms with Gasteiger partial charge in [-0.3, -0.25) is 4.79 Å². The smallest absolute Gasteiger partial charge is 0.227 e. The fraction of sp³-hybridized carbons (Fsp3) is 0.400. The molecule has 0 saturated heterocycles. The Labute approximate surface area is 113 Å². The zero-order chi connectivity index (χ0) is 13.5. The molecule has 0 heterocycles. The lowest BCUT2D eigenvalue weighted by molar-refractivity contribution is -0.120. The Bertz CT molecular complexity index is 440. The molecule has 2 rings (SSSR count). The number of nitrogens with one attached hydrogen (secondary N) is 1. The predicted molar refractivity (Wildman–Crippen MR) is 76.1 cm³/mol. The van der Waals surface area contributed by atoms with Gasteiger partial charge in [0.25, 0.3) is 0 Å². The summed E-state index contributed by atoms with van der Waals surface area (Å²) in [6.45, 7) is 0.994. The van der Waals surface area contributed by atoms with Crippen LogP contribution in [0.15, 0.2) is 36.4 Å². The summed E-state index contributed by atoms with van der Waals surface area (Å²) >= 11 is 0. The first-order valence-electron chi connectivity index (χ1n) is 6.68. The third-order valence-corrected chi connectivity index (χ3v) is 3.15. The van der Waals surface area contributed by atoms with Crippen LogP contribution in [0.3, 0.4) is 0 Å². The molecule has 1 aliphatic rings. The van der Waals surface area contributed by atoms with Crippen molar-refractivity contribution in [2.75, 3.05) is 18.5 Å². The average molecular weight is 260 g/mol. The molecule has 4 nitrogen and oxygen atoms in total. The Morgan fingerprint density at radius 2 is 2.11 bits per heavy atom. The van der Waals surface area contributed by atoms with Crippen LogP contribution in [-0.4, -0.2) is 19.1 Å². The molecular formula is C15H20N2O2. The molecule has 102 valence electrons. The van der Waals surface area contributed by atoms with Crippen molar-refractivity contribution in [2.24, 2.45) is 11.7 Å². The molecule has 0 spiro atoms. The summed E-state index contributed by atoms with van der Waals surface area (Å²) in [5.74, 6) is 0.960. The highest BCUT2D eigenvalue weighted by molar-refractivity contribution is 5.92. The Morgan fingerprint density at radius 1 is 1.32 bits per heavy atom. The van der Waals surface area contributed by atoms with Crippen molar-refractivity contribution in [3.63, 3.8) is 0 Å². The first kappa shape index (κ1) is 13.6. The van der Waals surface area contributed by atoms with Crippen molar-refractivity contribution in [1.29, 1.82) is 0 Å². The van der Waals surface area contributed by atoms with Crippen LogP contribution in [-0.2, 0) is 4.79 Å². The Hall–Kier alpha value is -1.81. The number of nitrogens with two attached hydrogens (primary N) is 1. The van der Waals surface area contributed by atoms with Gasteiger partial charge in [-0.15, -0.1) is 0 Å². The van der Waals surface area contributed by atoms with Crippen LogP contribution in [0.5, 0.6) is 5.75 Å². The van der Waals surface area contributed by atoms with E-state index in [4.69, 9.17) is 10.5 Å². The van der Waals surface area contributed by atoms with Crippen LogP contribution < -0.4 is 15.8 Å². The number of hydrogen-bond donors (Lipinski definition) is 2. The van der Waals surface area contributed by atoms with Gasteiger partial charge in [0.05, 0.1) is 0 Å². The summed E-state index contributed by atoms with van der Waals surface area (Å²) in [6.07, 6.45) is 6.97. The molecule has 0 aromatic heterocycles. The molecule has 0 aliphatic heterocycles. The van der Waals surface area contributed by atoms with E-state index in [1.54, 1.807) is 0 Å². The molecule has 0 fully saturated rings. The molecule has 0 radical (unpaired) electrons. The lowest BCUT2D eigenvalue weighted by Gasteiger charge is -2.17. The number of anilines is 1. The quantitative estimate of drug-likeness (QED) is 0.798. The molecule has 4 heteroatoms. The second kappa shape index (κ2) is 6.95. The van der Waals surface area contributed by atoms with E-state index in [9.17, 15) is 4.79 Å². The van der Waals surface area contributed by atoms with Gasteiger partial charge in [0.1, 0.15) is 12.4 Å². The van der Waals surface area contributed by atoms with E-state index in [1.807, 2.05) is 24.3 Å². The van der Waals surface area contributed by atoms with E-state index < -0.39 is 0 Å². The molecule has 1 aromatic carbocycles. The summed E-state index contributed by atoms with van der Waals surface area (Å²) in [5.41, 5.74) is 6.17. The Morgan fingerprint density at radius 3 is 2.74 bits per heavy atom. The zero-order valence-corrected chi connectivity index (χ0v) is 11.0. The van der Waals surface area contributed by atoms with Gasteiger partial charge < -0.3 is 15.8 Å². The minimum absolute atomic E-state index is 0.0955. The predicted octanol–water partition coefficient (Wildman–Crippen LogP) is 2.32. The summed E-state index contributed by atoms with van der Waals surface area (Å²) in [6, 6.07) is 7.38. The van der Waals surface area contributed by atoms with Crippen LogP contribution in [0, 0.1) is 5.92 Å². The number of hydrogen-bond acceptors (Lipinski definition) is 3. The minimum Gasteiger partial charge on any atom is -0.492 e. The van der Waals surface area contributed by atoms with Crippen LogP contribution in [0.25, 0.3) is 0 Å². The standard InChI is InChI=1S/C15H20N2O2/c16-10-11-19-14-8-6-13(7-9-14)17-15(18)12-4-2-1-3-5-12/h1-2,6-9,12H,3-5,10-11,16H2,(H,17,18). The van der Waals surface area contributed by atoms with E-state index in [0.717, 1.165) is 30.7 Å². The Balaban J connectivity index is 1.88. The second-order valence-electron chi connectivity index (χ2n) is 4.63. The molecule has 1 unspecified atom stereocenters. The molecule has 19 heavy (non-hydrogen) atoms. The lowest BCUT2D eigenvalue weighted by atomic mass is 9.93. The SMILES string of the molecule is NCCOc1ccc(NC(=O)C2CC=CCC2)cc1. The monoisotopic (exact) mass is 260 g/mol. The summed E-state index contributed by atoms with van der Waals surface area (Å²) < 4.78 is 5.38. The number of allylic oxidation sites excluding steroid dienone is 2. The number of benzene rings is 1. The van der Waals surface area contributed by atoms with Gasteiger partial charge in [-0.05, 0) is 43.5 Å². The second-order valence-corrected chi connectivity index (χ2v) is 4.63. The van der Waals surface area contributed by atoms with Crippen LogP contribution >= 0.6 is 0 Å². The highest BCUT2D eigenvalue weighted by Crippen LogP contribution is 2.21. The molecule has 1 aliphatic carbocycles. The molecule has 1 amide bonds. The van der Waals surface area contributed by atoms with Gasteiger partial charge in [-0.25, -0.2) is 0 Å². The molecule has 1 aromatic rings. The van der Waals surface area contributed by atoms with Gasteiger partial charge in [0.2, 0.25) is 5.91 Å². The van der Waals surface area contributed by atoms with Crippen LogP contribution in [0.1, 0.15) is 19.3 Å². The van der Waals surface area contributed by atoms with E-state index in [1.165, 1.54) is 0 Å². The fourth-order valence-corrected chi connectivity index (χ4v) is 2.09. The minimum atomic E-state index is 0.0955. The molecule has 1 atom stereocenters. The third kappa shape index (κ3) is 4.10. The normalized spacial score (nSPS) is 18.1. The van der Waals surface area contributed by atoms with Crippen molar-refractivity contribution in [1.82, 2.24) is 0 Å². The maximum atomic E-state index is 12.0. The van der Waals surface area contributed by atoms with Crippen molar-refractivity contribution in [3.05, 3.63) is 36.4 Å². The van der Waals surface area contributed by atoms with Crippen molar-refractivity contribution < 1.29 is 9.53 Å². The summed E-state index contributed by atoms with van der Waals surface area (Å²) in [5, 5.41) is 2.94. The molecule has 0 bridgehead atoms. The third-order valence-electron chi connectivity index (χ3n) is 3.15. The van der Waals surface area contributed by atoms with E-state index >= 15 is 0 Å². The average Bonchev–Trinajstić information content (AvgIpc) is 2.47. The maximum absolute atomic E-state index is 12.0. The summed E-state index contributed by atoms with van der Waals surface area (Å²) in [7, 11) is 0. The largest absolute Gasteiger partial charge is 0.492 e. The van der Waals surface area contributed by atoms with Gasteiger partial charge in [-0.2, -0.15) is 0 Å². The maximum Gasteiger partial charge on any atom is 0.227 e. The van der Waals surface area contributed by atoms with Gasteiger partial charge >= 0.3 is 0 Å². The summed E-state index contributed by atoms with van der Waals surface area (Å²) in [4.78, 5) is 12.0. The first-order valence-corrected chi connectivity index (χ1v) is 6.68. The van der Waals surface area contributed by atoms with E-state index in [0.29, 0.717) is 13.2 Å². The van der Waals surface area contributed by atoms with Crippen LogP contribution in [0.2, 0.25) is 0 Å². The number of carbonyl (C=O) groups is 1. The van der Waals surface area contributed by atoms with E-state index in [-0.39, 0.29) is 11.8 Å². The lowest BCUT2D eigenvalue weighted by Crippen LogP contribution is -2.23. The first-order chi connectivity index (χ1) is 9.29. The number of ether oxygens (including phenoxy) is 1. The van der Waals surface area contributed by atoms with E-state index in [2.05, 4.69) is 17.5 Å². The topological polar surface area (TPSA) is 64.3 Å². The highest BCUT2D eigenvalue weighted by Gasteiger charge is 2.18. The zero-order valence-electron chi connectivity index (χ0n) is 11.0. The molecular weight excluding hydrogens is 240 g/mol. The Kier molecular flexibility index (Phi) is 4.98. The van der Waals surface area contributed by atoms with Gasteiger partial charge in [0.15, 0.2) is 0 Å².